The maximum absolute atomic E-state index is 15.0. The maximum atomic E-state index is 15.0. The van der Waals surface area contributed by atoms with Gasteiger partial charge >= 0.3 is 5.97 Å². The third-order valence-electron chi connectivity index (χ3n) is 6.27. The summed E-state index contributed by atoms with van der Waals surface area (Å²) in [6.07, 6.45) is 5.16. The lowest BCUT2D eigenvalue weighted by molar-refractivity contribution is 0.0695. The molecule has 27 heavy (non-hydrogen) atoms. The van der Waals surface area contributed by atoms with Crippen LogP contribution in [-0.2, 0) is 0 Å². The summed E-state index contributed by atoms with van der Waals surface area (Å²) in [6.45, 7) is 1.17. The van der Waals surface area contributed by atoms with Crippen molar-refractivity contribution in [1.29, 1.82) is 0 Å². The average molecular weight is 392 g/mol. The Kier molecular flexibility index (Phi) is 3.44. The number of carbonyl (C=O) groups is 1. The van der Waals surface area contributed by atoms with Crippen LogP contribution >= 0.6 is 11.6 Å². The number of aromatic carboxylic acids is 1. The number of nitrogens with zero attached hydrogens (tertiary/aromatic N) is 2. The smallest absolute Gasteiger partial charge is 0.341 e. The molecule has 2 aromatic rings. The van der Waals surface area contributed by atoms with Crippen molar-refractivity contribution in [1.82, 2.24) is 4.57 Å². The fourth-order valence-corrected chi connectivity index (χ4v) is 4.78. The molecule has 0 bridgehead atoms. The summed E-state index contributed by atoms with van der Waals surface area (Å²) in [4.78, 5) is 25.9. The van der Waals surface area contributed by atoms with Crippen molar-refractivity contribution in [2.45, 2.75) is 37.8 Å². The molecule has 5 rings (SSSR count). The van der Waals surface area contributed by atoms with Crippen LogP contribution in [0.4, 0.5) is 10.1 Å². The van der Waals surface area contributed by atoms with E-state index in [9.17, 15) is 14.7 Å². The van der Waals surface area contributed by atoms with Gasteiger partial charge in [0, 0.05) is 36.8 Å². The van der Waals surface area contributed by atoms with Gasteiger partial charge in [0.25, 0.3) is 0 Å². The zero-order valence-electron chi connectivity index (χ0n) is 14.5. The number of carboxylic acids is 1. The molecule has 1 atom stereocenters. The van der Waals surface area contributed by atoms with Crippen molar-refractivity contribution in [3.8, 4) is 0 Å². The SMILES string of the molecule is N[C@@H]1CN(c2c(F)cc3c(=O)c(C(=O)O)cn(C4CC4)c3c2Cl)CC12CC2. The number of carboxylic acid groups (broad SMARTS) is 1. The molecule has 0 unspecified atom stereocenters. The van der Waals surface area contributed by atoms with Crippen LogP contribution in [0.3, 0.4) is 0 Å². The van der Waals surface area contributed by atoms with Gasteiger partial charge in [-0.3, -0.25) is 4.79 Å². The second kappa shape index (κ2) is 5.45. The molecule has 1 aromatic heterocycles. The van der Waals surface area contributed by atoms with Crippen LogP contribution in [0.2, 0.25) is 5.02 Å². The number of anilines is 1. The number of fused-ring (bicyclic) bond motifs is 1. The monoisotopic (exact) mass is 391 g/mol. The van der Waals surface area contributed by atoms with Gasteiger partial charge < -0.3 is 20.3 Å². The molecule has 3 N–H and O–H groups in total. The van der Waals surface area contributed by atoms with Gasteiger partial charge in [-0.15, -0.1) is 0 Å². The van der Waals surface area contributed by atoms with E-state index in [0.717, 1.165) is 31.7 Å². The lowest BCUT2D eigenvalue weighted by atomic mass is 10.0. The zero-order valence-corrected chi connectivity index (χ0v) is 15.3. The van der Waals surface area contributed by atoms with Crippen molar-refractivity contribution in [3.63, 3.8) is 0 Å². The topological polar surface area (TPSA) is 88.6 Å². The Morgan fingerprint density at radius 1 is 1.37 bits per heavy atom. The summed E-state index contributed by atoms with van der Waals surface area (Å²) in [5, 5.41) is 9.52. The summed E-state index contributed by atoms with van der Waals surface area (Å²) in [6, 6.07) is 1.19. The Balaban J connectivity index is 1.75. The minimum atomic E-state index is -1.32. The Morgan fingerprint density at radius 2 is 2.07 bits per heavy atom. The average Bonchev–Trinajstić information content (AvgIpc) is 3.49. The first-order valence-electron chi connectivity index (χ1n) is 9.13. The molecule has 142 valence electrons. The van der Waals surface area contributed by atoms with Gasteiger partial charge in [0.1, 0.15) is 11.4 Å². The molecule has 3 fully saturated rings. The summed E-state index contributed by atoms with van der Waals surface area (Å²) >= 11 is 6.64. The summed E-state index contributed by atoms with van der Waals surface area (Å²) in [7, 11) is 0. The second-order valence-electron chi connectivity index (χ2n) is 8.08. The molecule has 1 aliphatic heterocycles. The summed E-state index contributed by atoms with van der Waals surface area (Å²) in [5.41, 5.74) is 5.91. The highest BCUT2D eigenvalue weighted by molar-refractivity contribution is 6.38. The number of benzene rings is 1. The van der Waals surface area contributed by atoms with Crippen LogP contribution in [-0.4, -0.2) is 34.8 Å². The highest BCUT2D eigenvalue weighted by atomic mass is 35.5. The first-order chi connectivity index (χ1) is 12.8. The van der Waals surface area contributed by atoms with Crippen molar-refractivity contribution in [2.24, 2.45) is 11.1 Å². The van der Waals surface area contributed by atoms with Gasteiger partial charge in [-0.1, -0.05) is 11.6 Å². The van der Waals surface area contributed by atoms with Gasteiger partial charge in [0.05, 0.1) is 21.6 Å². The fraction of sp³-hybridized carbons (Fsp3) is 0.474. The molecular formula is C19H19ClFN3O3. The molecule has 0 radical (unpaired) electrons. The molecule has 3 aliphatic rings. The number of pyridine rings is 1. The molecule has 1 saturated heterocycles. The summed E-state index contributed by atoms with van der Waals surface area (Å²) < 4.78 is 16.8. The van der Waals surface area contributed by atoms with E-state index in [0.29, 0.717) is 18.6 Å². The Bertz CT molecular complexity index is 1060. The molecule has 1 aromatic carbocycles. The Morgan fingerprint density at radius 3 is 2.63 bits per heavy atom. The highest BCUT2D eigenvalue weighted by Crippen LogP contribution is 2.54. The van der Waals surface area contributed by atoms with Gasteiger partial charge in [-0.05, 0) is 31.7 Å². The molecule has 8 heteroatoms. The lowest BCUT2D eigenvalue weighted by Gasteiger charge is -2.23. The van der Waals surface area contributed by atoms with Gasteiger partial charge in [0.2, 0.25) is 5.43 Å². The molecule has 2 aliphatic carbocycles. The normalized spacial score (nSPS) is 23.4. The number of hydrogen-bond donors (Lipinski definition) is 2. The van der Waals surface area contributed by atoms with Gasteiger partial charge in [0.15, 0.2) is 0 Å². The minimum Gasteiger partial charge on any atom is -0.477 e. The standard InChI is InChI=1S/C19H19ClFN3O3/c20-14-15-10(17(25)11(18(26)27)6-24(15)9-1-2-9)5-12(21)16(14)23-7-13(22)19(8-23)3-4-19/h5-6,9,13H,1-4,7-8,22H2,(H,26,27)/t13-/m1/s1. The van der Waals surface area contributed by atoms with Crippen LogP contribution in [0, 0.1) is 11.2 Å². The largest absolute Gasteiger partial charge is 0.477 e. The van der Waals surface area contributed by atoms with Crippen molar-refractivity contribution in [3.05, 3.63) is 38.9 Å². The van der Waals surface area contributed by atoms with Crippen LogP contribution in [0.5, 0.6) is 0 Å². The lowest BCUT2D eigenvalue weighted by Crippen LogP contribution is -2.30. The van der Waals surface area contributed by atoms with E-state index < -0.39 is 17.2 Å². The van der Waals surface area contributed by atoms with Crippen molar-refractivity contribution < 1.29 is 14.3 Å². The number of rotatable bonds is 3. The third kappa shape index (κ3) is 2.41. The quantitative estimate of drug-likeness (QED) is 0.839. The van der Waals surface area contributed by atoms with E-state index in [-0.39, 0.29) is 39.2 Å². The van der Waals surface area contributed by atoms with E-state index in [1.165, 1.54) is 6.20 Å². The van der Waals surface area contributed by atoms with Gasteiger partial charge in [-0.2, -0.15) is 0 Å². The predicted octanol–water partition coefficient (Wildman–Crippen LogP) is 2.75. The van der Waals surface area contributed by atoms with Crippen LogP contribution in [0.15, 0.2) is 17.1 Å². The minimum absolute atomic E-state index is 0.0117. The molecule has 1 spiro atoms. The van der Waals surface area contributed by atoms with Gasteiger partial charge in [-0.25, -0.2) is 9.18 Å². The number of aromatic nitrogens is 1. The molecule has 2 heterocycles. The van der Waals surface area contributed by atoms with Crippen LogP contribution < -0.4 is 16.1 Å². The van der Waals surface area contributed by atoms with E-state index in [1.807, 2.05) is 4.90 Å². The molecular weight excluding hydrogens is 373 g/mol. The number of hydrogen-bond acceptors (Lipinski definition) is 4. The number of nitrogens with two attached hydrogens (primary N) is 1. The highest BCUT2D eigenvalue weighted by Gasteiger charge is 2.54. The van der Waals surface area contributed by atoms with Crippen LogP contribution in [0.1, 0.15) is 42.1 Å². The van der Waals surface area contributed by atoms with E-state index >= 15 is 4.39 Å². The summed E-state index contributed by atoms with van der Waals surface area (Å²) in [5.74, 6) is -1.93. The first kappa shape index (κ1) is 17.0. The Labute approximate surface area is 159 Å². The van der Waals surface area contributed by atoms with E-state index in [4.69, 9.17) is 17.3 Å². The van der Waals surface area contributed by atoms with Crippen molar-refractivity contribution in [2.75, 3.05) is 18.0 Å². The predicted molar refractivity (Wildman–Crippen MR) is 100 cm³/mol. The third-order valence-corrected chi connectivity index (χ3v) is 6.63. The Hall–Kier alpha value is -2.12. The van der Waals surface area contributed by atoms with E-state index in [2.05, 4.69) is 0 Å². The first-order valence-corrected chi connectivity index (χ1v) is 9.51. The van der Waals surface area contributed by atoms with Crippen LogP contribution in [0.25, 0.3) is 10.9 Å². The second-order valence-corrected chi connectivity index (χ2v) is 8.46. The van der Waals surface area contributed by atoms with Crippen molar-refractivity contribution >= 4 is 34.2 Å². The number of halogens is 2. The van der Waals surface area contributed by atoms with E-state index in [1.54, 1.807) is 4.57 Å². The molecule has 2 saturated carbocycles. The zero-order chi connectivity index (χ0) is 19.1. The molecule has 6 nitrogen and oxygen atoms in total. The molecule has 0 amide bonds. The maximum Gasteiger partial charge on any atom is 0.341 e. The fourth-order valence-electron chi connectivity index (χ4n) is 4.37.